The van der Waals surface area contributed by atoms with Crippen molar-refractivity contribution >= 4 is 41.5 Å². The van der Waals surface area contributed by atoms with Crippen LogP contribution in [0.15, 0.2) is 53.5 Å². The van der Waals surface area contributed by atoms with Gasteiger partial charge in [0, 0.05) is 32.7 Å². The molecule has 3 N–H and O–H groups in total. The summed E-state index contributed by atoms with van der Waals surface area (Å²) in [6.07, 6.45) is 1.42. The van der Waals surface area contributed by atoms with Gasteiger partial charge in [0.25, 0.3) is 0 Å². The molecule has 0 radical (unpaired) electrons. The summed E-state index contributed by atoms with van der Waals surface area (Å²) in [6, 6.07) is 14.5. The van der Waals surface area contributed by atoms with Crippen LogP contribution >= 0.6 is 24.0 Å². The summed E-state index contributed by atoms with van der Waals surface area (Å²) < 4.78 is 13.6. The number of rotatable bonds is 7. The summed E-state index contributed by atoms with van der Waals surface area (Å²) in [5, 5.41) is 9.17. The van der Waals surface area contributed by atoms with Crippen LogP contribution in [0.4, 0.5) is 10.1 Å². The van der Waals surface area contributed by atoms with Gasteiger partial charge in [0.15, 0.2) is 5.96 Å². The van der Waals surface area contributed by atoms with Crippen molar-refractivity contribution in [1.82, 2.24) is 10.6 Å². The van der Waals surface area contributed by atoms with Crippen LogP contribution in [-0.4, -0.2) is 32.0 Å². The Labute approximate surface area is 176 Å². The molecule has 0 bridgehead atoms. The van der Waals surface area contributed by atoms with Gasteiger partial charge >= 0.3 is 0 Å². The number of hydrogen-bond donors (Lipinski definition) is 3. The maximum absolute atomic E-state index is 13.6. The Kier molecular flexibility index (Phi) is 10.4. The van der Waals surface area contributed by atoms with Gasteiger partial charge in [-0.1, -0.05) is 30.3 Å². The Morgan fingerprint density at radius 2 is 1.63 bits per heavy atom. The van der Waals surface area contributed by atoms with Gasteiger partial charge in [-0.05, 0) is 42.2 Å². The summed E-state index contributed by atoms with van der Waals surface area (Å²) in [4.78, 5) is 15.2. The number of carbonyl (C=O) groups is 1. The molecule has 1 amide bonds. The van der Waals surface area contributed by atoms with Gasteiger partial charge in [-0.2, -0.15) is 0 Å². The molecule has 0 aliphatic heterocycles. The molecule has 2 aromatic carbocycles. The van der Waals surface area contributed by atoms with Crippen LogP contribution in [0, 0.1) is 5.82 Å². The van der Waals surface area contributed by atoms with Crippen LogP contribution < -0.4 is 16.0 Å². The van der Waals surface area contributed by atoms with Crippen LogP contribution in [0.2, 0.25) is 0 Å². The standard InChI is InChI=1S/C20H25FN4O.HI/c1-15(26)25-18-9-7-16(8-10-18)11-13-23-20(22-2)24-14-12-17-5-3-4-6-19(17)21;/h3-10H,11-14H2,1-2H3,(H,25,26)(H2,22,23,24);1H. The zero-order valence-electron chi connectivity index (χ0n) is 15.6. The minimum atomic E-state index is -0.181. The van der Waals surface area contributed by atoms with E-state index in [0.717, 1.165) is 24.2 Å². The number of hydrogen-bond acceptors (Lipinski definition) is 2. The molecule has 0 atom stereocenters. The maximum Gasteiger partial charge on any atom is 0.221 e. The molecule has 0 aromatic heterocycles. The van der Waals surface area contributed by atoms with Gasteiger partial charge in [-0.15, -0.1) is 24.0 Å². The molecular weight excluding hydrogens is 458 g/mol. The lowest BCUT2D eigenvalue weighted by Crippen LogP contribution is -2.39. The molecule has 7 heteroatoms. The van der Waals surface area contributed by atoms with Gasteiger partial charge in [0.2, 0.25) is 5.91 Å². The summed E-state index contributed by atoms with van der Waals surface area (Å²) in [5.74, 6) is 0.431. The minimum absolute atomic E-state index is 0. The molecule has 146 valence electrons. The first-order chi connectivity index (χ1) is 12.6. The Morgan fingerprint density at radius 1 is 1.00 bits per heavy atom. The Bertz CT molecular complexity index is 750. The summed E-state index contributed by atoms with van der Waals surface area (Å²) in [7, 11) is 1.71. The first-order valence-electron chi connectivity index (χ1n) is 8.63. The van der Waals surface area contributed by atoms with Crippen LogP contribution in [0.25, 0.3) is 0 Å². The molecule has 0 spiro atoms. The van der Waals surface area contributed by atoms with Crippen LogP contribution in [0.1, 0.15) is 18.1 Å². The number of anilines is 1. The van der Waals surface area contributed by atoms with E-state index in [2.05, 4.69) is 20.9 Å². The monoisotopic (exact) mass is 484 g/mol. The highest BCUT2D eigenvalue weighted by atomic mass is 127. The van der Waals surface area contributed by atoms with Gasteiger partial charge in [0.1, 0.15) is 5.82 Å². The number of nitrogens with zero attached hydrogens (tertiary/aromatic N) is 1. The minimum Gasteiger partial charge on any atom is -0.356 e. The van der Waals surface area contributed by atoms with E-state index >= 15 is 0 Å². The van der Waals surface area contributed by atoms with Gasteiger partial charge < -0.3 is 16.0 Å². The van der Waals surface area contributed by atoms with Crippen molar-refractivity contribution in [3.63, 3.8) is 0 Å². The smallest absolute Gasteiger partial charge is 0.221 e. The molecule has 0 unspecified atom stereocenters. The Hall–Kier alpha value is -2.16. The van der Waals surface area contributed by atoms with Crippen molar-refractivity contribution in [1.29, 1.82) is 0 Å². The first-order valence-corrected chi connectivity index (χ1v) is 8.63. The molecule has 0 fully saturated rings. The average Bonchev–Trinajstić information content (AvgIpc) is 2.63. The highest BCUT2D eigenvalue weighted by Gasteiger charge is 2.02. The van der Waals surface area contributed by atoms with E-state index in [1.807, 2.05) is 30.3 Å². The highest BCUT2D eigenvalue weighted by molar-refractivity contribution is 14.0. The molecule has 5 nitrogen and oxygen atoms in total. The van der Waals surface area contributed by atoms with E-state index in [-0.39, 0.29) is 35.7 Å². The van der Waals surface area contributed by atoms with E-state index in [4.69, 9.17) is 0 Å². The lowest BCUT2D eigenvalue weighted by atomic mass is 10.1. The van der Waals surface area contributed by atoms with Gasteiger partial charge in [0.05, 0.1) is 0 Å². The SMILES string of the molecule is CN=C(NCCc1ccc(NC(C)=O)cc1)NCCc1ccccc1F.I. The quantitative estimate of drug-likeness (QED) is 0.321. The first kappa shape index (κ1) is 22.9. The average molecular weight is 484 g/mol. The Balaban J connectivity index is 0.00000364. The second kappa shape index (κ2) is 12.3. The van der Waals surface area contributed by atoms with Crippen LogP contribution in [0.3, 0.4) is 0 Å². The largest absolute Gasteiger partial charge is 0.356 e. The predicted octanol–water partition coefficient (Wildman–Crippen LogP) is 3.35. The fourth-order valence-corrected chi connectivity index (χ4v) is 2.52. The van der Waals surface area contributed by atoms with Crippen molar-refractivity contribution in [3.8, 4) is 0 Å². The summed E-state index contributed by atoms with van der Waals surface area (Å²) in [6.45, 7) is 2.81. The number of carbonyl (C=O) groups excluding carboxylic acids is 1. The molecular formula is C20H26FIN4O. The highest BCUT2D eigenvalue weighted by Crippen LogP contribution is 2.09. The van der Waals surface area contributed by atoms with E-state index in [0.29, 0.717) is 24.5 Å². The van der Waals surface area contributed by atoms with Crippen molar-refractivity contribution < 1.29 is 9.18 Å². The number of aliphatic imine (C=N–C) groups is 1. The molecule has 0 saturated carbocycles. The number of amides is 1. The zero-order valence-corrected chi connectivity index (χ0v) is 17.9. The lowest BCUT2D eigenvalue weighted by molar-refractivity contribution is -0.114. The summed E-state index contributed by atoms with van der Waals surface area (Å²) >= 11 is 0. The normalized spacial score (nSPS) is 10.7. The van der Waals surface area contributed by atoms with Crippen molar-refractivity contribution in [3.05, 3.63) is 65.5 Å². The number of nitrogens with one attached hydrogen (secondary N) is 3. The second-order valence-electron chi connectivity index (χ2n) is 5.90. The fraction of sp³-hybridized carbons (Fsp3) is 0.300. The molecule has 0 aliphatic rings. The van der Waals surface area contributed by atoms with E-state index in [1.54, 1.807) is 19.2 Å². The van der Waals surface area contributed by atoms with Crippen LogP contribution in [0.5, 0.6) is 0 Å². The fourth-order valence-electron chi connectivity index (χ4n) is 2.52. The van der Waals surface area contributed by atoms with Gasteiger partial charge in [-0.25, -0.2) is 4.39 Å². The van der Waals surface area contributed by atoms with E-state index in [9.17, 15) is 9.18 Å². The molecule has 0 heterocycles. The van der Waals surface area contributed by atoms with E-state index < -0.39 is 0 Å². The molecule has 2 rings (SSSR count). The van der Waals surface area contributed by atoms with E-state index in [1.165, 1.54) is 13.0 Å². The molecule has 0 saturated heterocycles. The van der Waals surface area contributed by atoms with Crippen molar-refractivity contribution in [2.75, 3.05) is 25.5 Å². The van der Waals surface area contributed by atoms with Gasteiger partial charge in [-0.3, -0.25) is 9.79 Å². The molecule has 2 aromatic rings. The lowest BCUT2D eigenvalue weighted by Gasteiger charge is -2.12. The molecule has 0 aliphatic carbocycles. The number of guanidine groups is 1. The van der Waals surface area contributed by atoms with Crippen molar-refractivity contribution in [2.24, 2.45) is 4.99 Å². The maximum atomic E-state index is 13.6. The van der Waals surface area contributed by atoms with Crippen LogP contribution in [-0.2, 0) is 17.6 Å². The summed E-state index contributed by atoms with van der Waals surface area (Å²) in [5.41, 5.74) is 2.64. The topological polar surface area (TPSA) is 65.5 Å². The third-order valence-electron chi connectivity index (χ3n) is 3.85. The Morgan fingerprint density at radius 3 is 2.22 bits per heavy atom. The third-order valence-corrected chi connectivity index (χ3v) is 3.85. The zero-order chi connectivity index (χ0) is 18.8. The third kappa shape index (κ3) is 8.38. The number of benzene rings is 2. The predicted molar refractivity (Wildman–Crippen MR) is 119 cm³/mol. The van der Waals surface area contributed by atoms with Crippen molar-refractivity contribution in [2.45, 2.75) is 19.8 Å². The second-order valence-corrected chi connectivity index (χ2v) is 5.90. The molecule has 27 heavy (non-hydrogen) atoms. The number of halogens is 2.